The lowest BCUT2D eigenvalue weighted by atomic mass is 10.2. The van der Waals surface area contributed by atoms with Gasteiger partial charge < -0.3 is 0 Å². The van der Waals surface area contributed by atoms with E-state index in [2.05, 4.69) is 20.9 Å². The molecular formula is C7H4BrF3IN. The van der Waals surface area contributed by atoms with Crippen LogP contribution in [0.1, 0.15) is 17.7 Å². The Hall–Kier alpha value is 0.150. The van der Waals surface area contributed by atoms with Gasteiger partial charge in [0.2, 0.25) is 0 Å². The second kappa shape index (κ2) is 4.59. The Morgan fingerprint density at radius 1 is 1.54 bits per heavy atom. The Morgan fingerprint density at radius 2 is 2.15 bits per heavy atom. The average Bonchev–Trinajstić information content (AvgIpc) is 2.09. The monoisotopic (exact) mass is 365 g/mol. The minimum atomic E-state index is -2.66. The molecule has 0 saturated heterocycles. The third-order valence-corrected chi connectivity index (χ3v) is 2.70. The van der Waals surface area contributed by atoms with E-state index >= 15 is 0 Å². The van der Waals surface area contributed by atoms with E-state index in [9.17, 15) is 13.2 Å². The van der Waals surface area contributed by atoms with Crippen molar-refractivity contribution < 1.29 is 13.2 Å². The van der Waals surface area contributed by atoms with Crippen molar-refractivity contribution in [1.82, 2.24) is 4.98 Å². The highest BCUT2D eigenvalue weighted by atomic mass is 127. The van der Waals surface area contributed by atoms with Crippen LogP contribution in [0, 0.1) is 9.52 Å². The molecule has 0 fully saturated rings. The largest absolute Gasteiger partial charge is 0.280 e. The Bertz CT molecular complexity index is 319. The molecule has 1 aromatic heterocycles. The van der Waals surface area contributed by atoms with Gasteiger partial charge in [-0.3, -0.25) is 0 Å². The second-order valence-corrected chi connectivity index (χ2v) is 3.83. The molecule has 13 heavy (non-hydrogen) atoms. The van der Waals surface area contributed by atoms with E-state index in [1.807, 2.05) is 0 Å². The van der Waals surface area contributed by atoms with Crippen molar-refractivity contribution >= 4 is 38.5 Å². The summed E-state index contributed by atoms with van der Waals surface area (Å²) in [4.78, 5) is 3.42. The standard InChI is InChI=1S/C7H4BrF3IN/c8-2-3-1-4(6(10)11)13-7(12)5(3)9/h1,6H,2H2. The molecule has 0 radical (unpaired) electrons. The highest BCUT2D eigenvalue weighted by Gasteiger charge is 2.15. The molecule has 0 saturated carbocycles. The van der Waals surface area contributed by atoms with Gasteiger partial charge in [0.1, 0.15) is 9.39 Å². The molecule has 1 aromatic rings. The summed E-state index contributed by atoms with van der Waals surface area (Å²) in [6.07, 6.45) is -2.66. The molecule has 1 rings (SSSR count). The van der Waals surface area contributed by atoms with Crippen LogP contribution in [0.4, 0.5) is 13.2 Å². The van der Waals surface area contributed by atoms with Crippen LogP contribution < -0.4 is 0 Å². The quantitative estimate of drug-likeness (QED) is 0.443. The second-order valence-electron chi connectivity index (χ2n) is 2.25. The lowest BCUT2D eigenvalue weighted by molar-refractivity contribution is 0.145. The zero-order valence-corrected chi connectivity index (χ0v) is 9.94. The van der Waals surface area contributed by atoms with Crippen LogP contribution in [0.5, 0.6) is 0 Å². The van der Waals surface area contributed by atoms with Gasteiger partial charge in [-0.05, 0) is 28.7 Å². The van der Waals surface area contributed by atoms with Crippen molar-refractivity contribution in [2.75, 3.05) is 0 Å². The molecule has 0 aromatic carbocycles. The van der Waals surface area contributed by atoms with Crippen molar-refractivity contribution in [3.8, 4) is 0 Å². The van der Waals surface area contributed by atoms with Crippen molar-refractivity contribution in [1.29, 1.82) is 0 Å². The number of halogens is 5. The van der Waals surface area contributed by atoms with E-state index in [1.165, 1.54) is 0 Å². The normalized spacial score (nSPS) is 10.9. The smallest absolute Gasteiger partial charge is 0.238 e. The van der Waals surface area contributed by atoms with Crippen LogP contribution in [-0.2, 0) is 5.33 Å². The van der Waals surface area contributed by atoms with Gasteiger partial charge in [0, 0.05) is 10.9 Å². The van der Waals surface area contributed by atoms with E-state index in [0.717, 1.165) is 6.07 Å². The summed E-state index contributed by atoms with van der Waals surface area (Å²) < 4.78 is 37.5. The molecule has 6 heteroatoms. The summed E-state index contributed by atoms with van der Waals surface area (Å²) in [5.41, 5.74) is -0.185. The van der Waals surface area contributed by atoms with Gasteiger partial charge in [0.15, 0.2) is 5.82 Å². The first-order valence-corrected chi connectivity index (χ1v) is 5.45. The first kappa shape index (κ1) is 11.2. The lowest BCUT2D eigenvalue weighted by Crippen LogP contribution is -2.00. The van der Waals surface area contributed by atoms with E-state index in [4.69, 9.17) is 0 Å². The molecule has 0 amide bonds. The predicted octanol–water partition coefficient (Wildman–Crippen LogP) is 3.66. The third-order valence-electron chi connectivity index (χ3n) is 1.38. The number of rotatable bonds is 2. The van der Waals surface area contributed by atoms with E-state index in [-0.39, 0.29) is 20.3 Å². The molecule has 0 N–H and O–H groups in total. The fourth-order valence-electron chi connectivity index (χ4n) is 0.778. The maximum atomic E-state index is 13.1. The number of hydrogen-bond donors (Lipinski definition) is 0. The summed E-state index contributed by atoms with van der Waals surface area (Å²) in [6.45, 7) is 0. The van der Waals surface area contributed by atoms with Crippen molar-refractivity contribution in [2.45, 2.75) is 11.8 Å². The van der Waals surface area contributed by atoms with Crippen molar-refractivity contribution in [2.24, 2.45) is 0 Å². The summed E-state index contributed by atoms with van der Waals surface area (Å²) in [7, 11) is 0. The first-order valence-electron chi connectivity index (χ1n) is 3.25. The Kier molecular flexibility index (Phi) is 3.96. The number of pyridine rings is 1. The van der Waals surface area contributed by atoms with E-state index in [1.54, 1.807) is 22.6 Å². The first-order chi connectivity index (χ1) is 6.06. The SMILES string of the molecule is Fc1c(CBr)cc(C(F)F)nc1I. The lowest BCUT2D eigenvalue weighted by Gasteiger charge is -2.04. The Balaban J connectivity index is 3.22. The van der Waals surface area contributed by atoms with Gasteiger partial charge >= 0.3 is 0 Å². The number of hydrogen-bond acceptors (Lipinski definition) is 1. The summed E-state index contributed by atoms with van der Waals surface area (Å²) in [5, 5.41) is 0.205. The maximum Gasteiger partial charge on any atom is 0.280 e. The van der Waals surface area contributed by atoms with Gasteiger partial charge in [-0.1, -0.05) is 15.9 Å². The zero-order valence-electron chi connectivity index (χ0n) is 6.20. The van der Waals surface area contributed by atoms with E-state index < -0.39 is 12.2 Å². The predicted molar refractivity (Wildman–Crippen MR) is 54.5 cm³/mol. The third kappa shape index (κ3) is 2.55. The van der Waals surface area contributed by atoms with Gasteiger partial charge in [-0.25, -0.2) is 18.2 Å². The highest BCUT2D eigenvalue weighted by Crippen LogP contribution is 2.23. The molecule has 0 atom stereocenters. The molecule has 1 nitrogen and oxygen atoms in total. The van der Waals surface area contributed by atoms with Crippen LogP contribution in [-0.4, -0.2) is 4.98 Å². The maximum absolute atomic E-state index is 13.1. The molecule has 0 aliphatic carbocycles. The number of alkyl halides is 3. The van der Waals surface area contributed by atoms with Crippen molar-refractivity contribution in [3.05, 3.63) is 26.8 Å². The minimum absolute atomic E-state index is 0.0233. The molecule has 0 spiro atoms. The van der Waals surface area contributed by atoms with Gasteiger partial charge in [0.05, 0.1) is 0 Å². The van der Waals surface area contributed by atoms with Crippen LogP contribution >= 0.6 is 38.5 Å². The molecule has 1 heterocycles. The van der Waals surface area contributed by atoms with Crippen LogP contribution in [0.2, 0.25) is 0 Å². The molecular weight excluding hydrogens is 362 g/mol. The van der Waals surface area contributed by atoms with Gasteiger partial charge in [-0.2, -0.15) is 0 Å². The highest BCUT2D eigenvalue weighted by molar-refractivity contribution is 14.1. The van der Waals surface area contributed by atoms with Crippen LogP contribution in [0.15, 0.2) is 6.07 Å². The molecule has 0 aliphatic rings. The number of nitrogens with zero attached hydrogens (tertiary/aromatic N) is 1. The molecule has 0 aliphatic heterocycles. The minimum Gasteiger partial charge on any atom is -0.238 e. The Labute approximate surface area is 95.0 Å². The summed E-state index contributed by atoms with van der Waals surface area (Å²) in [5.74, 6) is -0.540. The summed E-state index contributed by atoms with van der Waals surface area (Å²) >= 11 is 4.60. The van der Waals surface area contributed by atoms with Crippen LogP contribution in [0.25, 0.3) is 0 Å². The Morgan fingerprint density at radius 3 is 2.62 bits per heavy atom. The average molecular weight is 366 g/mol. The molecule has 0 bridgehead atoms. The molecule has 72 valence electrons. The van der Waals surface area contributed by atoms with E-state index in [0.29, 0.717) is 0 Å². The summed E-state index contributed by atoms with van der Waals surface area (Å²) in [6, 6.07) is 1.07. The van der Waals surface area contributed by atoms with Crippen molar-refractivity contribution in [3.63, 3.8) is 0 Å². The zero-order chi connectivity index (χ0) is 10.0. The topological polar surface area (TPSA) is 12.9 Å². The van der Waals surface area contributed by atoms with Gasteiger partial charge in [-0.15, -0.1) is 0 Å². The fourth-order valence-corrected chi connectivity index (χ4v) is 1.81. The van der Waals surface area contributed by atoms with Crippen LogP contribution in [0.3, 0.4) is 0 Å². The molecule has 0 unspecified atom stereocenters. The van der Waals surface area contributed by atoms with Gasteiger partial charge in [0.25, 0.3) is 6.43 Å². The number of aromatic nitrogens is 1. The fraction of sp³-hybridized carbons (Fsp3) is 0.286.